The highest BCUT2D eigenvalue weighted by atomic mass is 19.1. The van der Waals surface area contributed by atoms with Crippen molar-refractivity contribution in [3.63, 3.8) is 0 Å². The van der Waals surface area contributed by atoms with Gasteiger partial charge in [-0.25, -0.2) is 9.18 Å². The van der Waals surface area contributed by atoms with Crippen LogP contribution in [0.1, 0.15) is 23.7 Å². The van der Waals surface area contributed by atoms with Crippen LogP contribution in [-0.4, -0.2) is 11.9 Å². The molecule has 2 aromatic carbocycles. The molecule has 0 radical (unpaired) electrons. The van der Waals surface area contributed by atoms with Gasteiger partial charge >= 0.3 is 5.97 Å². The number of hydrogen-bond acceptors (Lipinski definition) is 3. The first-order chi connectivity index (χ1) is 10.1. The van der Waals surface area contributed by atoms with Crippen LogP contribution < -0.4 is 10.1 Å². The molecule has 2 aromatic rings. The van der Waals surface area contributed by atoms with Crippen molar-refractivity contribution in [3.05, 3.63) is 59.9 Å². The molecular formula is C16H14FNO3. The van der Waals surface area contributed by atoms with Crippen LogP contribution in [0.5, 0.6) is 5.75 Å². The lowest BCUT2D eigenvalue weighted by atomic mass is 10.2. The Balaban J connectivity index is 2.17. The van der Waals surface area contributed by atoms with E-state index in [2.05, 4.69) is 5.32 Å². The lowest BCUT2D eigenvalue weighted by molar-refractivity contribution is -0.115. The molecule has 0 heterocycles. The van der Waals surface area contributed by atoms with Crippen molar-refractivity contribution < 1.29 is 18.7 Å². The fourth-order valence-electron chi connectivity index (χ4n) is 1.64. The summed E-state index contributed by atoms with van der Waals surface area (Å²) >= 11 is 0. The lowest BCUT2D eigenvalue weighted by Crippen LogP contribution is -2.13. The molecule has 0 fully saturated rings. The van der Waals surface area contributed by atoms with Crippen LogP contribution >= 0.6 is 0 Å². The Morgan fingerprint density at radius 2 is 1.76 bits per heavy atom. The summed E-state index contributed by atoms with van der Waals surface area (Å²) in [4.78, 5) is 23.4. The van der Waals surface area contributed by atoms with E-state index in [-0.39, 0.29) is 17.2 Å². The number of ether oxygens (including phenoxy) is 1. The molecule has 2 rings (SSSR count). The summed E-state index contributed by atoms with van der Waals surface area (Å²) in [6, 6.07) is 11.7. The summed E-state index contributed by atoms with van der Waals surface area (Å²) in [6.45, 7) is 1.72. The maximum atomic E-state index is 12.8. The third-order valence-electron chi connectivity index (χ3n) is 2.76. The van der Waals surface area contributed by atoms with E-state index in [4.69, 9.17) is 4.74 Å². The number of carbonyl (C=O) groups excluding carboxylic acids is 2. The van der Waals surface area contributed by atoms with Crippen molar-refractivity contribution >= 4 is 17.6 Å². The number of benzene rings is 2. The topological polar surface area (TPSA) is 55.4 Å². The molecule has 0 atom stereocenters. The molecule has 0 aromatic heterocycles. The van der Waals surface area contributed by atoms with Gasteiger partial charge in [-0.3, -0.25) is 4.79 Å². The van der Waals surface area contributed by atoms with Crippen LogP contribution in [0.3, 0.4) is 0 Å². The van der Waals surface area contributed by atoms with Crippen LogP contribution in [0.15, 0.2) is 48.5 Å². The number of rotatable bonds is 4. The first kappa shape index (κ1) is 14.7. The molecule has 0 saturated carbocycles. The minimum absolute atomic E-state index is 0.180. The van der Waals surface area contributed by atoms with Crippen LogP contribution in [0.4, 0.5) is 10.1 Å². The number of esters is 1. The van der Waals surface area contributed by atoms with Crippen molar-refractivity contribution in [1.82, 2.24) is 0 Å². The fourth-order valence-corrected chi connectivity index (χ4v) is 1.64. The Kier molecular flexibility index (Phi) is 4.66. The van der Waals surface area contributed by atoms with Crippen LogP contribution in [0.2, 0.25) is 0 Å². The van der Waals surface area contributed by atoms with Crippen molar-refractivity contribution in [2.45, 2.75) is 13.3 Å². The zero-order valence-electron chi connectivity index (χ0n) is 11.4. The fraction of sp³-hybridized carbons (Fsp3) is 0.125. The number of para-hydroxylation sites is 2. The largest absolute Gasteiger partial charge is 0.421 e. The third-order valence-corrected chi connectivity index (χ3v) is 2.76. The molecule has 4 nitrogen and oxygen atoms in total. The Morgan fingerprint density at radius 3 is 2.43 bits per heavy atom. The van der Waals surface area contributed by atoms with Gasteiger partial charge in [0.2, 0.25) is 5.91 Å². The average molecular weight is 287 g/mol. The van der Waals surface area contributed by atoms with E-state index in [0.717, 1.165) is 0 Å². The molecule has 0 spiro atoms. The summed E-state index contributed by atoms with van der Waals surface area (Å²) < 4.78 is 18.1. The quantitative estimate of drug-likeness (QED) is 0.692. The smallest absolute Gasteiger partial charge is 0.343 e. The van der Waals surface area contributed by atoms with Crippen molar-refractivity contribution in [2.24, 2.45) is 0 Å². The Labute approximate surface area is 121 Å². The number of halogens is 1. The monoisotopic (exact) mass is 287 g/mol. The van der Waals surface area contributed by atoms with Gasteiger partial charge in [0.05, 0.1) is 11.3 Å². The van der Waals surface area contributed by atoms with Gasteiger partial charge in [-0.05, 0) is 36.4 Å². The molecule has 1 amide bonds. The van der Waals surface area contributed by atoms with Gasteiger partial charge in [-0.1, -0.05) is 19.1 Å². The van der Waals surface area contributed by atoms with Crippen LogP contribution in [0, 0.1) is 5.82 Å². The van der Waals surface area contributed by atoms with Crippen molar-refractivity contribution in [3.8, 4) is 5.75 Å². The highest BCUT2D eigenvalue weighted by Gasteiger charge is 2.12. The molecule has 0 saturated heterocycles. The zero-order valence-corrected chi connectivity index (χ0v) is 11.4. The highest BCUT2D eigenvalue weighted by molar-refractivity contribution is 5.95. The summed E-state index contributed by atoms with van der Waals surface area (Å²) in [5.74, 6) is -0.982. The molecule has 5 heteroatoms. The van der Waals surface area contributed by atoms with E-state index in [1.807, 2.05) is 0 Å². The summed E-state index contributed by atoms with van der Waals surface area (Å²) in [6.07, 6.45) is 0.320. The molecule has 0 bridgehead atoms. The standard InChI is InChI=1S/C16H14FNO3/c1-2-15(19)18-13-5-3-4-6-14(13)21-16(20)11-7-9-12(17)10-8-11/h3-10H,2H2,1H3,(H,18,19). The van der Waals surface area contributed by atoms with Gasteiger partial charge in [0.1, 0.15) is 5.82 Å². The number of hydrogen-bond donors (Lipinski definition) is 1. The number of amides is 1. The maximum absolute atomic E-state index is 12.8. The first-order valence-electron chi connectivity index (χ1n) is 6.46. The van der Waals surface area contributed by atoms with Crippen LogP contribution in [0.25, 0.3) is 0 Å². The molecule has 0 unspecified atom stereocenters. The van der Waals surface area contributed by atoms with Crippen molar-refractivity contribution in [1.29, 1.82) is 0 Å². The van der Waals surface area contributed by atoms with E-state index in [1.54, 1.807) is 31.2 Å². The second kappa shape index (κ2) is 6.65. The highest BCUT2D eigenvalue weighted by Crippen LogP contribution is 2.25. The van der Waals surface area contributed by atoms with E-state index in [1.165, 1.54) is 24.3 Å². The Morgan fingerprint density at radius 1 is 1.10 bits per heavy atom. The predicted molar refractivity (Wildman–Crippen MR) is 76.7 cm³/mol. The zero-order chi connectivity index (χ0) is 15.2. The van der Waals surface area contributed by atoms with E-state index < -0.39 is 11.8 Å². The Hall–Kier alpha value is -2.69. The van der Waals surface area contributed by atoms with Gasteiger partial charge in [-0.15, -0.1) is 0 Å². The molecule has 0 aliphatic carbocycles. The SMILES string of the molecule is CCC(=O)Nc1ccccc1OC(=O)c1ccc(F)cc1. The average Bonchev–Trinajstić information content (AvgIpc) is 2.49. The second-order valence-electron chi connectivity index (χ2n) is 4.29. The molecule has 0 aliphatic rings. The van der Waals surface area contributed by atoms with E-state index in [0.29, 0.717) is 12.1 Å². The first-order valence-corrected chi connectivity index (χ1v) is 6.46. The number of carbonyl (C=O) groups is 2. The normalized spacial score (nSPS) is 10.0. The second-order valence-corrected chi connectivity index (χ2v) is 4.29. The van der Waals surface area contributed by atoms with Crippen LogP contribution in [-0.2, 0) is 4.79 Å². The summed E-state index contributed by atoms with van der Waals surface area (Å²) in [5.41, 5.74) is 0.646. The van der Waals surface area contributed by atoms with Gasteiger partial charge < -0.3 is 10.1 Å². The minimum Gasteiger partial charge on any atom is -0.421 e. The molecular weight excluding hydrogens is 273 g/mol. The lowest BCUT2D eigenvalue weighted by Gasteiger charge is -2.10. The molecule has 21 heavy (non-hydrogen) atoms. The van der Waals surface area contributed by atoms with Gasteiger partial charge in [-0.2, -0.15) is 0 Å². The number of anilines is 1. The van der Waals surface area contributed by atoms with Crippen molar-refractivity contribution in [2.75, 3.05) is 5.32 Å². The van der Waals surface area contributed by atoms with Gasteiger partial charge in [0.15, 0.2) is 5.75 Å². The van der Waals surface area contributed by atoms with E-state index in [9.17, 15) is 14.0 Å². The van der Waals surface area contributed by atoms with Gasteiger partial charge in [0.25, 0.3) is 0 Å². The molecule has 108 valence electrons. The third kappa shape index (κ3) is 3.89. The van der Waals surface area contributed by atoms with Gasteiger partial charge in [0, 0.05) is 6.42 Å². The predicted octanol–water partition coefficient (Wildman–Crippen LogP) is 3.39. The van der Waals surface area contributed by atoms with E-state index >= 15 is 0 Å². The number of nitrogens with one attached hydrogen (secondary N) is 1. The molecule has 1 N–H and O–H groups in total. The summed E-state index contributed by atoms with van der Waals surface area (Å²) in [5, 5.41) is 2.65. The molecule has 0 aliphatic heterocycles. The minimum atomic E-state index is -0.617. The Bertz CT molecular complexity index is 653. The summed E-state index contributed by atoms with van der Waals surface area (Å²) in [7, 11) is 0. The maximum Gasteiger partial charge on any atom is 0.343 e.